The van der Waals surface area contributed by atoms with Crippen LogP contribution in [0, 0.1) is 0 Å². The molecule has 1 aromatic carbocycles. The monoisotopic (exact) mass is 233 g/mol. The Morgan fingerprint density at radius 2 is 2.06 bits per heavy atom. The van der Waals surface area contributed by atoms with Gasteiger partial charge in [0.2, 0.25) is 0 Å². The molecule has 0 amide bonds. The molecule has 0 spiro atoms. The summed E-state index contributed by atoms with van der Waals surface area (Å²) in [5.74, 6) is 0.944. The average molecular weight is 233 g/mol. The van der Waals surface area contributed by atoms with Crippen molar-refractivity contribution in [2.45, 2.75) is 13.0 Å². The molecule has 0 aliphatic carbocycles. The molecule has 2 aromatic rings. The van der Waals surface area contributed by atoms with Gasteiger partial charge >= 0.3 is 0 Å². The highest BCUT2D eigenvalue weighted by Crippen LogP contribution is 2.20. The molecule has 2 nitrogen and oxygen atoms in total. The summed E-state index contributed by atoms with van der Waals surface area (Å²) in [6, 6.07) is 10.1. The normalized spacial score (nSPS) is 10.3. The average Bonchev–Trinajstić information content (AvgIpc) is 2.81. The molecule has 2 N–H and O–H groups in total. The predicted octanol–water partition coefficient (Wildman–Crippen LogP) is 2.83. The lowest BCUT2D eigenvalue weighted by atomic mass is 10.1. The van der Waals surface area contributed by atoms with E-state index in [-0.39, 0.29) is 0 Å². The van der Waals surface area contributed by atoms with Crippen molar-refractivity contribution in [3.63, 3.8) is 0 Å². The molecule has 1 aromatic heterocycles. The molecular weight excluding hydrogens is 218 g/mol. The molecule has 0 atom stereocenters. The van der Waals surface area contributed by atoms with E-state index in [2.05, 4.69) is 22.9 Å². The third-order valence-corrected chi connectivity index (χ3v) is 3.09. The van der Waals surface area contributed by atoms with Crippen LogP contribution in [0.4, 0.5) is 0 Å². The lowest BCUT2D eigenvalue weighted by Gasteiger charge is -2.09. The van der Waals surface area contributed by atoms with Gasteiger partial charge in [0.05, 0.1) is 0 Å². The maximum absolute atomic E-state index is 5.79. The van der Waals surface area contributed by atoms with Crippen molar-refractivity contribution >= 4 is 11.3 Å². The first-order chi connectivity index (χ1) is 7.90. The molecule has 0 aliphatic heterocycles. The van der Waals surface area contributed by atoms with E-state index >= 15 is 0 Å². The maximum atomic E-state index is 5.79. The second kappa shape index (κ2) is 5.68. The summed E-state index contributed by atoms with van der Waals surface area (Å²) in [6.07, 6.45) is 0.861. The molecular formula is C13H15NOS. The SMILES string of the molecule is NCCc1ccccc1OCc1ccsc1. The van der Waals surface area contributed by atoms with E-state index < -0.39 is 0 Å². The van der Waals surface area contributed by atoms with E-state index in [0.29, 0.717) is 13.2 Å². The minimum atomic E-state index is 0.630. The summed E-state index contributed by atoms with van der Waals surface area (Å²) < 4.78 is 5.79. The van der Waals surface area contributed by atoms with Gasteiger partial charge in [-0.3, -0.25) is 0 Å². The summed E-state index contributed by atoms with van der Waals surface area (Å²) in [7, 11) is 0. The summed E-state index contributed by atoms with van der Waals surface area (Å²) in [5, 5.41) is 4.16. The van der Waals surface area contributed by atoms with Crippen LogP contribution in [0.25, 0.3) is 0 Å². The maximum Gasteiger partial charge on any atom is 0.123 e. The summed E-state index contributed by atoms with van der Waals surface area (Å²) >= 11 is 1.69. The fourth-order valence-electron chi connectivity index (χ4n) is 1.54. The van der Waals surface area contributed by atoms with E-state index in [1.807, 2.05) is 18.2 Å². The van der Waals surface area contributed by atoms with E-state index in [1.165, 1.54) is 11.1 Å². The molecule has 3 heteroatoms. The highest BCUT2D eigenvalue weighted by atomic mass is 32.1. The number of para-hydroxylation sites is 1. The third kappa shape index (κ3) is 2.84. The molecule has 0 unspecified atom stereocenters. The molecule has 16 heavy (non-hydrogen) atoms. The molecule has 2 rings (SSSR count). The van der Waals surface area contributed by atoms with Gasteiger partial charge in [-0.05, 0) is 47.0 Å². The first-order valence-electron chi connectivity index (χ1n) is 5.32. The van der Waals surface area contributed by atoms with Crippen molar-refractivity contribution in [2.24, 2.45) is 5.73 Å². The Morgan fingerprint density at radius 3 is 2.81 bits per heavy atom. The molecule has 0 radical (unpaired) electrons. The molecule has 84 valence electrons. The fourth-order valence-corrected chi connectivity index (χ4v) is 2.20. The number of hydrogen-bond donors (Lipinski definition) is 1. The van der Waals surface area contributed by atoms with Crippen molar-refractivity contribution in [2.75, 3.05) is 6.54 Å². The van der Waals surface area contributed by atoms with Crippen LogP contribution in [0.1, 0.15) is 11.1 Å². The highest BCUT2D eigenvalue weighted by molar-refractivity contribution is 7.07. The quantitative estimate of drug-likeness (QED) is 0.862. The second-order valence-electron chi connectivity index (χ2n) is 3.57. The number of thiophene rings is 1. The van der Waals surface area contributed by atoms with Crippen LogP contribution in [-0.4, -0.2) is 6.54 Å². The van der Waals surface area contributed by atoms with E-state index in [4.69, 9.17) is 10.5 Å². The Bertz CT molecular complexity index is 425. The first kappa shape index (κ1) is 11.2. The number of rotatable bonds is 5. The molecule has 0 aliphatic rings. The van der Waals surface area contributed by atoms with Gasteiger partial charge < -0.3 is 10.5 Å². The van der Waals surface area contributed by atoms with Crippen LogP contribution in [0.3, 0.4) is 0 Å². The van der Waals surface area contributed by atoms with Gasteiger partial charge in [-0.25, -0.2) is 0 Å². The number of ether oxygens (including phenoxy) is 1. The van der Waals surface area contributed by atoms with Crippen LogP contribution < -0.4 is 10.5 Å². The van der Waals surface area contributed by atoms with Crippen LogP contribution >= 0.6 is 11.3 Å². The largest absolute Gasteiger partial charge is 0.489 e. The van der Waals surface area contributed by atoms with Gasteiger partial charge in [-0.2, -0.15) is 11.3 Å². The lowest BCUT2D eigenvalue weighted by molar-refractivity contribution is 0.303. The minimum absolute atomic E-state index is 0.630. The lowest BCUT2D eigenvalue weighted by Crippen LogP contribution is -2.05. The summed E-state index contributed by atoms with van der Waals surface area (Å²) in [5.41, 5.74) is 7.96. The van der Waals surface area contributed by atoms with Crippen LogP contribution in [0.2, 0.25) is 0 Å². The smallest absolute Gasteiger partial charge is 0.123 e. The molecule has 0 saturated carbocycles. The number of hydrogen-bond acceptors (Lipinski definition) is 3. The molecule has 0 saturated heterocycles. The number of nitrogens with two attached hydrogens (primary N) is 1. The van der Waals surface area contributed by atoms with Gasteiger partial charge in [-0.15, -0.1) is 0 Å². The zero-order chi connectivity index (χ0) is 11.2. The Labute approximate surface area is 99.7 Å². The van der Waals surface area contributed by atoms with Crippen molar-refractivity contribution in [3.8, 4) is 5.75 Å². The van der Waals surface area contributed by atoms with Crippen LogP contribution in [0.15, 0.2) is 41.1 Å². The van der Waals surface area contributed by atoms with Crippen molar-refractivity contribution in [1.82, 2.24) is 0 Å². The Balaban J connectivity index is 2.03. The van der Waals surface area contributed by atoms with E-state index in [0.717, 1.165) is 12.2 Å². The Hall–Kier alpha value is -1.32. The van der Waals surface area contributed by atoms with E-state index in [9.17, 15) is 0 Å². The van der Waals surface area contributed by atoms with Crippen molar-refractivity contribution in [1.29, 1.82) is 0 Å². The topological polar surface area (TPSA) is 35.2 Å². The summed E-state index contributed by atoms with van der Waals surface area (Å²) in [4.78, 5) is 0. The second-order valence-corrected chi connectivity index (χ2v) is 4.35. The highest BCUT2D eigenvalue weighted by Gasteiger charge is 2.02. The van der Waals surface area contributed by atoms with Crippen molar-refractivity contribution in [3.05, 3.63) is 52.2 Å². The minimum Gasteiger partial charge on any atom is -0.489 e. The molecule has 0 fully saturated rings. The van der Waals surface area contributed by atoms with Crippen LogP contribution in [-0.2, 0) is 13.0 Å². The van der Waals surface area contributed by atoms with Crippen LogP contribution in [0.5, 0.6) is 5.75 Å². The third-order valence-electron chi connectivity index (χ3n) is 2.36. The van der Waals surface area contributed by atoms with Gasteiger partial charge in [0.1, 0.15) is 12.4 Å². The number of benzene rings is 1. The fraction of sp³-hybridized carbons (Fsp3) is 0.231. The van der Waals surface area contributed by atoms with E-state index in [1.54, 1.807) is 11.3 Å². The first-order valence-corrected chi connectivity index (χ1v) is 6.26. The van der Waals surface area contributed by atoms with Gasteiger partial charge in [0.25, 0.3) is 0 Å². The molecule has 1 heterocycles. The summed E-state index contributed by atoms with van der Waals surface area (Å²) in [6.45, 7) is 1.28. The molecule has 0 bridgehead atoms. The Kier molecular flexibility index (Phi) is 3.97. The van der Waals surface area contributed by atoms with Gasteiger partial charge in [0, 0.05) is 0 Å². The standard InChI is InChI=1S/C13H15NOS/c14-7-5-12-3-1-2-4-13(12)15-9-11-6-8-16-10-11/h1-4,6,8,10H,5,7,9,14H2. The zero-order valence-electron chi connectivity index (χ0n) is 9.06. The zero-order valence-corrected chi connectivity index (χ0v) is 9.87. The predicted molar refractivity (Wildman–Crippen MR) is 67.9 cm³/mol. The van der Waals surface area contributed by atoms with Gasteiger partial charge in [-0.1, -0.05) is 18.2 Å². The van der Waals surface area contributed by atoms with Crippen molar-refractivity contribution < 1.29 is 4.74 Å². The Morgan fingerprint density at radius 1 is 1.19 bits per heavy atom. The van der Waals surface area contributed by atoms with Gasteiger partial charge in [0.15, 0.2) is 0 Å².